The van der Waals surface area contributed by atoms with Crippen LogP contribution in [-0.2, 0) is 0 Å². The van der Waals surface area contributed by atoms with Crippen LogP contribution in [0.25, 0.3) is 0 Å². The summed E-state index contributed by atoms with van der Waals surface area (Å²) in [6.07, 6.45) is -1.68. The summed E-state index contributed by atoms with van der Waals surface area (Å²) in [4.78, 5) is 23.5. The lowest BCUT2D eigenvalue weighted by Gasteiger charge is -2.44. The van der Waals surface area contributed by atoms with E-state index < -0.39 is 12.2 Å². The van der Waals surface area contributed by atoms with Gasteiger partial charge in [-0.2, -0.15) is 0 Å². The van der Waals surface area contributed by atoms with Crippen molar-refractivity contribution in [1.29, 1.82) is 0 Å². The first-order valence-corrected chi connectivity index (χ1v) is 5.92. The zero-order chi connectivity index (χ0) is 13.9. The Morgan fingerprint density at radius 2 is 1.44 bits per heavy atom. The van der Waals surface area contributed by atoms with Gasteiger partial charge in [0.15, 0.2) is 0 Å². The lowest BCUT2D eigenvalue weighted by molar-refractivity contribution is 0.0698. The highest BCUT2D eigenvalue weighted by Gasteiger charge is 2.34. The van der Waals surface area contributed by atoms with Crippen LogP contribution < -0.4 is 10.6 Å². The van der Waals surface area contributed by atoms with E-state index in [0.29, 0.717) is 19.5 Å². The van der Waals surface area contributed by atoms with Gasteiger partial charge in [0.05, 0.1) is 0 Å². The summed E-state index contributed by atoms with van der Waals surface area (Å²) >= 11 is 0. The molecule has 0 aromatic carbocycles. The third-order valence-corrected chi connectivity index (χ3v) is 3.05. The molecule has 1 saturated heterocycles. The molecular formula is C11H21N3O4. The minimum atomic E-state index is -1.08. The normalized spacial score (nSPS) is 25.5. The van der Waals surface area contributed by atoms with Gasteiger partial charge < -0.3 is 20.8 Å². The molecule has 7 heteroatoms. The predicted molar refractivity (Wildman–Crippen MR) is 65.8 cm³/mol. The fraction of sp³-hybridized carbons (Fsp3) is 0.818. The molecule has 1 aliphatic heterocycles. The zero-order valence-electron chi connectivity index (χ0n) is 10.9. The molecule has 2 atom stereocenters. The summed E-state index contributed by atoms with van der Waals surface area (Å²) in [5, 5.41) is 22.4. The zero-order valence-corrected chi connectivity index (χ0v) is 10.9. The van der Waals surface area contributed by atoms with Gasteiger partial charge in [-0.1, -0.05) is 0 Å². The van der Waals surface area contributed by atoms with Crippen LogP contribution in [-0.4, -0.2) is 58.0 Å². The molecule has 0 radical (unpaired) electrons. The Morgan fingerprint density at radius 3 is 1.72 bits per heavy atom. The molecule has 0 spiro atoms. The van der Waals surface area contributed by atoms with Crippen molar-refractivity contribution in [2.24, 2.45) is 0 Å². The van der Waals surface area contributed by atoms with E-state index in [4.69, 9.17) is 10.2 Å². The van der Waals surface area contributed by atoms with Crippen LogP contribution in [0.1, 0.15) is 27.2 Å². The number of nitrogens with zero attached hydrogens (tertiary/aromatic N) is 1. The van der Waals surface area contributed by atoms with Gasteiger partial charge in [-0.3, -0.25) is 4.90 Å². The summed E-state index contributed by atoms with van der Waals surface area (Å²) in [7, 11) is 0. The third kappa shape index (κ3) is 4.40. The van der Waals surface area contributed by atoms with Crippen LogP contribution in [0.5, 0.6) is 0 Å². The fourth-order valence-electron chi connectivity index (χ4n) is 2.21. The van der Waals surface area contributed by atoms with E-state index in [9.17, 15) is 9.59 Å². The summed E-state index contributed by atoms with van der Waals surface area (Å²) < 4.78 is 0. The topological polar surface area (TPSA) is 102 Å². The fourth-order valence-corrected chi connectivity index (χ4v) is 2.21. The van der Waals surface area contributed by atoms with E-state index in [1.807, 2.05) is 20.8 Å². The number of hydrogen-bond acceptors (Lipinski definition) is 3. The molecule has 1 heterocycles. The molecule has 1 aliphatic rings. The van der Waals surface area contributed by atoms with Gasteiger partial charge >= 0.3 is 12.2 Å². The molecule has 104 valence electrons. The van der Waals surface area contributed by atoms with Crippen LogP contribution >= 0.6 is 0 Å². The maximum absolute atomic E-state index is 10.7. The largest absolute Gasteiger partial charge is 0.465 e. The van der Waals surface area contributed by atoms with Crippen molar-refractivity contribution in [2.45, 2.75) is 44.8 Å². The average molecular weight is 259 g/mol. The third-order valence-electron chi connectivity index (χ3n) is 3.05. The van der Waals surface area contributed by atoms with Crippen LogP contribution in [0.4, 0.5) is 9.59 Å². The summed E-state index contributed by atoms with van der Waals surface area (Å²) in [5.74, 6) is 0. The van der Waals surface area contributed by atoms with Crippen molar-refractivity contribution in [3.8, 4) is 0 Å². The second kappa shape index (κ2) is 5.43. The van der Waals surface area contributed by atoms with Crippen LogP contribution in [0, 0.1) is 0 Å². The Kier molecular flexibility index (Phi) is 4.39. The minimum absolute atomic E-state index is 0.128. The van der Waals surface area contributed by atoms with Gasteiger partial charge in [0, 0.05) is 30.7 Å². The lowest BCUT2D eigenvalue weighted by Crippen LogP contribution is -2.60. The highest BCUT2D eigenvalue weighted by Crippen LogP contribution is 2.20. The number of likely N-dealkylation sites (tertiary alicyclic amines) is 1. The molecule has 1 fully saturated rings. The Hall–Kier alpha value is -1.50. The first kappa shape index (κ1) is 14.6. The molecule has 4 N–H and O–H groups in total. The Balaban J connectivity index is 2.72. The minimum Gasteiger partial charge on any atom is -0.465 e. The van der Waals surface area contributed by atoms with E-state index in [2.05, 4.69) is 15.5 Å². The van der Waals surface area contributed by atoms with Crippen molar-refractivity contribution < 1.29 is 19.8 Å². The molecule has 7 nitrogen and oxygen atoms in total. The van der Waals surface area contributed by atoms with Crippen LogP contribution in [0.2, 0.25) is 0 Å². The second-order valence-corrected chi connectivity index (χ2v) is 5.60. The van der Waals surface area contributed by atoms with Gasteiger partial charge in [0.1, 0.15) is 0 Å². The highest BCUT2D eigenvalue weighted by molar-refractivity contribution is 5.65. The number of carboxylic acid groups (broad SMARTS) is 2. The quantitative estimate of drug-likeness (QED) is 0.586. The van der Waals surface area contributed by atoms with Crippen molar-refractivity contribution in [1.82, 2.24) is 15.5 Å². The molecule has 0 aliphatic carbocycles. The Bertz CT molecular complexity index is 303. The number of carbonyl (C=O) groups is 2. The van der Waals surface area contributed by atoms with Crippen LogP contribution in [0.3, 0.4) is 0 Å². The first-order chi connectivity index (χ1) is 8.18. The molecule has 0 saturated carbocycles. The molecular weight excluding hydrogens is 238 g/mol. The van der Waals surface area contributed by atoms with E-state index >= 15 is 0 Å². The molecule has 0 aromatic heterocycles. The number of piperidine rings is 1. The lowest BCUT2D eigenvalue weighted by atomic mass is 9.95. The van der Waals surface area contributed by atoms with Crippen molar-refractivity contribution in [2.75, 3.05) is 13.1 Å². The maximum atomic E-state index is 10.7. The highest BCUT2D eigenvalue weighted by atomic mass is 16.4. The second-order valence-electron chi connectivity index (χ2n) is 5.60. The van der Waals surface area contributed by atoms with E-state index in [-0.39, 0.29) is 17.6 Å². The molecule has 0 aromatic rings. The number of rotatable bonds is 2. The van der Waals surface area contributed by atoms with E-state index in [0.717, 1.165) is 0 Å². The van der Waals surface area contributed by atoms with Crippen molar-refractivity contribution in [3.63, 3.8) is 0 Å². The molecule has 18 heavy (non-hydrogen) atoms. The van der Waals surface area contributed by atoms with Crippen LogP contribution in [0.15, 0.2) is 0 Å². The Morgan fingerprint density at radius 1 is 1.06 bits per heavy atom. The van der Waals surface area contributed by atoms with Gasteiger partial charge in [-0.25, -0.2) is 9.59 Å². The summed E-state index contributed by atoms with van der Waals surface area (Å²) in [6, 6.07) is -0.514. The van der Waals surface area contributed by atoms with Gasteiger partial charge in [0.25, 0.3) is 0 Å². The molecule has 0 bridgehead atoms. The average Bonchev–Trinajstić information content (AvgIpc) is 2.13. The standard InChI is InChI=1S/C11H21N3O4/c1-11(2,3)14-5-7(12-9(15)16)4-8(6-14)13-10(17)18/h7-8,12-13H,4-6H2,1-3H3,(H,15,16)(H,17,18). The number of nitrogens with one attached hydrogen (secondary N) is 2. The smallest absolute Gasteiger partial charge is 0.404 e. The van der Waals surface area contributed by atoms with Crippen molar-refractivity contribution >= 4 is 12.2 Å². The SMILES string of the molecule is CC(C)(C)N1CC(NC(=O)O)CC(NC(=O)O)C1. The number of amides is 2. The number of hydrogen-bond donors (Lipinski definition) is 4. The molecule has 1 rings (SSSR count). The van der Waals surface area contributed by atoms with Gasteiger partial charge in [-0.05, 0) is 27.2 Å². The maximum Gasteiger partial charge on any atom is 0.404 e. The van der Waals surface area contributed by atoms with Gasteiger partial charge in [-0.15, -0.1) is 0 Å². The monoisotopic (exact) mass is 259 g/mol. The molecule has 2 unspecified atom stereocenters. The van der Waals surface area contributed by atoms with Gasteiger partial charge in [0.2, 0.25) is 0 Å². The predicted octanol–water partition coefficient (Wildman–Crippen LogP) is 0.763. The van der Waals surface area contributed by atoms with E-state index in [1.165, 1.54) is 0 Å². The van der Waals surface area contributed by atoms with E-state index in [1.54, 1.807) is 0 Å². The summed E-state index contributed by atoms with van der Waals surface area (Å²) in [5.41, 5.74) is -0.128. The molecule has 2 amide bonds. The first-order valence-electron chi connectivity index (χ1n) is 5.92. The van der Waals surface area contributed by atoms with Crippen molar-refractivity contribution in [3.05, 3.63) is 0 Å². The summed E-state index contributed by atoms with van der Waals surface area (Å²) in [6.45, 7) is 7.25. The Labute approximate surface area is 106 Å².